The van der Waals surface area contributed by atoms with Crippen molar-refractivity contribution in [2.24, 2.45) is 0 Å². The number of nitrogens with one attached hydrogen (secondary N) is 1. The van der Waals surface area contributed by atoms with Gasteiger partial charge < -0.3 is 5.32 Å². The van der Waals surface area contributed by atoms with Gasteiger partial charge in [0.1, 0.15) is 0 Å². The summed E-state index contributed by atoms with van der Waals surface area (Å²) in [6.07, 6.45) is 1.63. The van der Waals surface area contributed by atoms with Gasteiger partial charge in [0.15, 0.2) is 10.3 Å². The number of halogens is 5. The first-order chi connectivity index (χ1) is 8.49. The number of anilines is 1. The van der Waals surface area contributed by atoms with E-state index in [9.17, 15) is 4.39 Å². The number of hydrogen-bond acceptors (Lipinski definition) is 3. The van der Waals surface area contributed by atoms with E-state index in [-0.39, 0.29) is 15.7 Å². The average molecular weight is 390 g/mol. The molecule has 0 spiro atoms. The van der Waals surface area contributed by atoms with Crippen LogP contribution >= 0.6 is 62.1 Å². The normalized spacial score (nSPS) is 10.7. The Labute approximate surface area is 130 Å². The fourth-order valence-electron chi connectivity index (χ4n) is 1.27. The third-order valence-electron chi connectivity index (χ3n) is 2.08. The fourth-order valence-corrected chi connectivity index (χ4v) is 3.20. The van der Waals surface area contributed by atoms with Gasteiger partial charge in [-0.3, -0.25) is 0 Å². The highest BCUT2D eigenvalue weighted by atomic mass is 79.9. The average Bonchev–Trinajstić information content (AvgIpc) is 2.72. The highest BCUT2D eigenvalue weighted by Gasteiger charge is 2.15. The maximum atomic E-state index is 13.9. The fraction of sp³-hybridized carbons (Fsp3) is 0.100. The van der Waals surface area contributed by atoms with Crippen molar-refractivity contribution < 1.29 is 4.39 Å². The van der Waals surface area contributed by atoms with Crippen LogP contribution in [0.5, 0.6) is 0 Å². The lowest BCUT2D eigenvalue weighted by atomic mass is 10.3. The summed E-state index contributed by atoms with van der Waals surface area (Å²) in [7, 11) is 0. The van der Waals surface area contributed by atoms with Crippen LogP contribution in [0.15, 0.2) is 16.7 Å². The largest absolute Gasteiger partial charge is 0.377 e. The molecule has 0 aliphatic carbocycles. The number of nitrogens with zero attached hydrogens (tertiary/aromatic N) is 1. The SMILES string of the molecule is Fc1c(Cl)c(Cl)cc(Br)c1NCc1cnc(Cl)s1. The zero-order valence-electron chi connectivity index (χ0n) is 8.61. The van der Waals surface area contributed by atoms with Gasteiger partial charge in [0.05, 0.1) is 22.3 Å². The van der Waals surface area contributed by atoms with Crippen LogP contribution in [0.2, 0.25) is 14.5 Å². The predicted molar refractivity (Wildman–Crippen MR) is 78.6 cm³/mol. The third kappa shape index (κ3) is 3.08. The van der Waals surface area contributed by atoms with Crippen LogP contribution in [0.1, 0.15) is 4.88 Å². The molecule has 0 unspecified atom stereocenters. The molecule has 0 radical (unpaired) electrons. The molecule has 96 valence electrons. The Hall–Kier alpha value is -0.0700. The van der Waals surface area contributed by atoms with Crippen LogP contribution in [-0.2, 0) is 6.54 Å². The van der Waals surface area contributed by atoms with E-state index in [4.69, 9.17) is 34.8 Å². The van der Waals surface area contributed by atoms with Crippen molar-refractivity contribution in [3.8, 4) is 0 Å². The van der Waals surface area contributed by atoms with Crippen molar-refractivity contribution in [3.05, 3.63) is 41.9 Å². The number of aromatic nitrogens is 1. The second kappa shape index (κ2) is 5.92. The Morgan fingerprint density at radius 2 is 2.11 bits per heavy atom. The van der Waals surface area contributed by atoms with Crippen molar-refractivity contribution in [1.82, 2.24) is 4.98 Å². The molecule has 0 aliphatic rings. The summed E-state index contributed by atoms with van der Waals surface area (Å²) in [5.74, 6) is -0.591. The van der Waals surface area contributed by atoms with Gasteiger partial charge in [-0.2, -0.15) is 0 Å². The maximum Gasteiger partial charge on any atom is 0.183 e. The summed E-state index contributed by atoms with van der Waals surface area (Å²) in [6, 6.07) is 1.54. The second-order valence-corrected chi connectivity index (χ2v) is 6.61. The molecule has 0 saturated carbocycles. The van der Waals surface area contributed by atoms with E-state index in [1.54, 1.807) is 6.20 Å². The Balaban J connectivity index is 2.22. The summed E-state index contributed by atoms with van der Waals surface area (Å²) in [5, 5.41) is 2.98. The molecular formula is C10H5BrCl3FN2S. The van der Waals surface area contributed by atoms with E-state index in [0.29, 0.717) is 15.5 Å². The van der Waals surface area contributed by atoms with Gasteiger partial charge in [0, 0.05) is 15.5 Å². The van der Waals surface area contributed by atoms with Gasteiger partial charge in [-0.05, 0) is 22.0 Å². The third-order valence-corrected chi connectivity index (χ3v) is 4.58. The van der Waals surface area contributed by atoms with Crippen molar-refractivity contribution >= 4 is 67.8 Å². The quantitative estimate of drug-likeness (QED) is 0.544. The first-order valence-electron chi connectivity index (χ1n) is 4.66. The monoisotopic (exact) mass is 388 g/mol. The van der Waals surface area contributed by atoms with E-state index in [1.807, 2.05) is 0 Å². The van der Waals surface area contributed by atoms with Crippen molar-refractivity contribution in [1.29, 1.82) is 0 Å². The summed E-state index contributed by atoms with van der Waals surface area (Å²) in [6.45, 7) is 0.401. The smallest absolute Gasteiger partial charge is 0.183 e. The highest BCUT2D eigenvalue weighted by molar-refractivity contribution is 9.10. The molecule has 8 heteroatoms. The van der Waals surface area contributed by atoms with Gasteiger partial charge in [-0.25, -0.2) is 9.37 Å². The Morgan fingerprint density at radius 1 is 1.39 bits per heavy atom. The van der Waals surface area contributed by atoms with Gasteiger partial charge in [-0.1, -0.05) is 34.8 Å². The molecule has 1 N–H and O–H groups in total. The molecule has 1 aromatic heterocycles. The Morgan fingerprint density at radius 3 is 2.72 bits per heavy atom. The second-order valence-electron chi connectivity index (χ2n) is 3.28. The molecule has 2 nitrogen and oxygen atoms in total. The van der Waals surface area contributed by atoms with E-state index >= 15 is 0 Å². The standard InChI is InChI=1S/C10H5BrCl3FN2S/c11-5-1-6(12)7(13)8(15)9(5)16-2-4-3-17-10(14)18-4/h1,3,16H,2H2. The molecule has 2 aromatic rings. The first kappa shape index (κ1) is 14.3. The zero-order valence-corrected chi connectivity index (χ0v) is 13.3. The molecule has 18 heavy (non-hydrogen) atoms. The lowest BCUT2D eigenvalue weighted by molar-refractivity contribution is 0.630. The van der Waals surface area contributed by atoms with E-state index in [2.05, 4.69) is 26.2 Å². The minimum atomic E-state index is -0.591. The van der Waals surface area contributed by atoms with E-state index in [0.717, 1.165) is 4.88 Å². The van der Waals surface area contributed by atoms with Crippen LogP contribution in [0.25, 0.3) is 0 Å². The number of thiazole rings is 1. The van der Waals surface area contributed by atoms with Gasteiger partial charge in [0.25, 0.3) is 0 Å². The lowest BCUT2D eigenvalue weighted by Gasteiger charge is -2.10. The molecule has 2 rings (SSSR count). The molecule has 0 bridgehead atoms. The van der Waals surface area contributed by atoms with Crippen LogP contribution in [-0.4, -0.2) is 4.98 Å². The minimum Gasteiger partial charge on any atom is -0.377 e. The van der Waals surface area contributed by atoms with Crippen LogP contribution in [0.4, 0.5) is 10.1 Å². The molecule has 0 saturated heterocycles. The zero-order chi connectivity index (χ0) is 13.3. The van der Waals surface area contributed by atoms with Gasteiger partial charge in [0.2, 0.25) is 0 Å². The molecule has 1 heterocycles. The molecule has 0 fully saturated rings. The number of hydrogen-bond donors (Lipinski definition) is 1. The Bertz CT molecular complexity index is 591. The molecule has 0 amide bonds. The van der Waals surface area contributed by atoms with Gasteiger partial charge >= 0.3 is 0 Å². The van der Waals surface area contributed by atoms with Gasteiger partial charge in [-0.15, -0.1) is 11.3 Å². The Kier molecular flexibility index (Phi) is 4.72. The van der Waals surface area contributed by atoms with Crippen LogP contribution in [0.3, 0.4) is 0 Å². The van der Waals surface area contributed by atoms with Crippen molar-refractivity contribution in [2.45, 2.75) is 6.54 Å². The maximum absolute atomic E-state index is 13.9. The van der Waals surface area contributed by atoms with E-state index in [1.165, 1.54) is 17.4 Å². The summed E-state index contributed by atoms with van der Waals surface area (Å²) >= 11 is 21.8. The molecule has 0 atom stereocenters. The predicted octanol–water partition coefficient (Wildman–Crippen LogP) is 5.62. The van der Waals surface area contributed by atoms with Crippen LogP contribution < -0.4 is 5.32 Å². The van der Waals surface area contributed by atoms with Crippen molar-refractivity contribution in [3.63, 3.8) is 0 Å². The first-order valence-corrected chi connectivity index (χ1v) is 7.40. The summed E-state index contributed by atoms with van der Waals surface area (Å²) < 4.78 is 14.8. The minimum absolute atomic E-state index is 0.107. The number of rotatable bonds is 3. The topological polar surface area (TPSA) is 24.9 Å². The number of benzene rings is 1. The molecule has 1 aromatic carbocycles. The van der Waals surface area contributed by atoms with Crippen molar-refractivity contribution in [2.75, 3.05) is 5.32 Å². The molecule has 0 aliphatic heterocycles. The summed E-state index contributed by atoms with van der Waals surface area (Å²) in [4.78, 5) is 4.78. The molecular weight excluding hydrogens is 385 g/mol. The van der Waals surface area contributed by atoms with E-state index < -0.39 is 5.82 Å². The lowest BCUT2D eigenvalue weighted by Crippen LogP contribution is -2.01. The summed E-state index contributed by atoms with van der Waals surface area (Å²) in [5.41, 5.74) is 0.258. The highest BCUT2D eigenvalue weighted by Crippen LogP contribution is 2.36. The van der Waals surface area contributed by atoms with Crippen LogP contribution in [0, 0.1) is 5.82 Å².